The predicted octanol–water partition coefficient (Wildman–Crippen LogP) is 3.96. The van der Waals surface area contributed by atoms with E-state index in [1.165, 1.54) is 16.3 Å². The van der Waals surface area contributed by atoms with Gasteiger partial charge in [0.25, 0.3) is 0 Å². The van der Waals surface area contributed by atoms with Crippen molar-refractivity contribution >= 4 is 10.8 Å². The summed E-state index contributed by atoms with van der Waals surface area (Å²) in [5.41, 5.74) is 9.28. The lowest BCUT2D eigenvalue weighted by Crippen LogP contribution is -2.26. The number of aromatic nitrogens is 4. The minimum atomic E-state index is -0.108. The van der Waals surface area contributed by atoms with Crippen LogP contribution < -0.4 is 11.1 Å². The van der Waals surface area contributed by atoms with Crippen LogP contribution in [0.1, 0.15) is 48.3 Å². The normalized spacial score (nSPS) is 12.3. The van der Waals surface area contributed by atoms with E-state index in [-0.39, 0.29) is 6.04 Å². The zero-order valence-electron chi connectivity index (χ0n) is 17.3. The Hall–Kier alpha value is -3.09. The van der Waals surface area contributed by atoms with Crippen LogP contribution in [-0.2, 0) is 19.6 Å². The largest absolute Gasteiger partial charge is 0.326 e. The first-order valence-electron chi connectivity index (χ1n) is 10.5. The van der Waals surface area contributed by atoms with E-state index in [0.29, 0.717) is 13.1 Å². The van der Waals surface area contributed by atoms with Crippen molar-refractivity contribution in [3.05, 3.63) is 89.2 Å². The molecule has 0 saturated carbocycles. The molecule has 6 heteroatoms. The molecule has 3 N–H and O–H groups in total. The van der Waals surface area contributed by atoms with Crippen LogP contribution >= 0.6 is 0 Å². The van der Waals surface area contributed by atoms with Gasteiger partial charge in [0, 0.05) is 19.6 Å². The molecule has 1 atom stereocenters. The third-order valence-corrected chi connectivity index (χ3v) is 5.39. The van der Waals surface area contributed by atoms with E-state index < -0.39 is 0 Å². The summed E-state index contributed by atoms with van der Waals surface area (Å²) in [4.78, 5) is 0. The minimum Gasteiger partial charge on any atom is -0.326 e. The van der Waals surface area contributed by atoms with Gasteiger partial charge in [-0.15, -0.1) is 5.10 Å². The Labute approximate surface area is 177 Å². The Morgan fingerprint density at radius 3 is 2.63 bits per heavy atom. The molecule has 0 aliphatic carbocycles. The zero-order valence-corrected chi connectivity index (χ0v) is 17.3. The second-order valence-corrected chi connectivity index (χ2v) is 7.56. The molecule has 0 radical (unpaired) electrons. The average Bonchev–Trinajstić information content (AvgIpc) is 3.26. The third-order valence-electron chi connectivity index (χ3n) is 5.39. The van der Waals surface area contributed by atoms with Gasteiger partial charge in [-0.25, -0.2) is 4.68 Å². The number of nitrogens with two attached hydrogens (primary N) is 1. The van der Waals surface area contributed by atoms with Gasteiger partial charge < -0.3 is 5.73 Å². The summed E-state index contributed by atoms with van der Waals surface area (Å²) in [5.74, 6) is 0.841. The number of aryl methyl sites for hydroxylation is 1. The quantitative estimate of drug-likeness (QED) is 0.444. The van der Waals surface area contributed by atoms with Crippen LogP contribution in [0, 0.1) is 0 Å². The van der Waals surface area contributed by atoms with E-state index in [0.717, 1.165) is 36.3 Å². The van der Waals surface area contributed by atoms with Crippen LogP contribution in [0.25, 0.3) is 10.8 Å². The fourth-order valence-corrected chi connectivity index (χ4v) is 3.72. The molecule has 0 fully saturated rings. The molecule has 0 spiro atoms. The number of nitrogens with one attached hydrogen (secondary N) is 1. The van der Waals surface area contributed by atoms with Crippen LogP contribution in [0.15, 0.2) is 66.7 Å². The number of nitrogens with zero attached hydrogens (tertiary/aromatic N) is 4. The molecule has 0 amide bonds. The zero-order chi connectivity index (χ0) is 20.8. The average molecular weight is 401 g/mol. The highest BCUT2D eigenvalue weighted by atomic mass is 15.5. The summed E-state index contributed by atoms with van der Waals surface area (Å²) in [6.45, 7) is 4.23. The predicted molar refractivity (Wildman–Crippen MR) is 120 cm³/mol. The smallest absolute Gasteiger partial charge is 0.172 e. The monoisotopic (exact) mass is 400 g/mol. The molecular weight excluding hydrogens is 372 g/mol. The van der Waals surface area contributed by atoms with E-state index >= 15 is 0 Å². The number of unbranched alkanes of at least 4 members (excludes halogenated alkanes) is 1. The standard InChI is InChI=1S/C24H28N6/c1-2-3-13-30-24(27-28-29-30)23(26-17-19-8-6-7-18(14-19)16-25)22-12-11-20-9-4-5-10-21(20)15-22/h4-12,14-15,23,26H,2-3,13,16-17,25H2,1H3. The maximum atomic E-state index is 5.81. The molecule has 4 aromatic rings. The van der Waals surface area contributed by atoms with Crippen molar-refractivity contribution < 1.29 is 0 Å². The fraction of sp³-hybridized carbons (Fsp3) is 0.292. The van der Waals surface area contributed by atoms with E-state index in [1.54, 1.807) is 0 Å². The van der Waals surface area contributed by atoms with Crippen LogP contribution in [0.2, 0.25) is 0 Å². The maximum absolute atomic E-state index is 5.81. The lowest BCUT2D eigenvalue weighted by Gasteiger charge is -2.20. The molecule has 4 rings (SSSR count). The first-order valence-corrected chi connectivity index (χ1v) is 10.5. The summed E-state index contributed by atoms with van der Waals surface area (Å²) >= 11 is 0. The lowest BCUT2D eigenvalue weighted by molar-refractivity contribution is 0.488. The topological polar surface area (TPSA) is 81.7 Å². The summed E-state index contributed by atoms with van der Waals surface area (Å²) in [5, 5.41) is 18.7. The molecule has 1 unspecified atom stereocenters. The molecular formula is C24H28N6. The Morgan fingerprint density at radius 2 is 1.80 bits per heavy atom. The molecule has 0 bridgehead atoms. The highest BCUT2D eigenvalue weighted by Gasteiger charge is 2.21. The number of benzene rings is 3. The van der Waals surface area contributed by atoms with Gasteiger partial charge in [0.15, 0.2) is 5.82 Å². The van der Waals surface area contributed by atoms with E-state index in [1.807, 2.05) is 4.68 Å². The van der Waals surface area contributed by atoms with Gasteiger partial charge in [0.1, 0.15) is 0 Å². The van der Waals surface area contributed by atoms with Crippen molar-refractivity contribution in [1.82, 2.24) is 25.5 Å². The molecule has 0 saturated heterocycles. The number of hydrogen-bond acceptors (Lipinski definition) is 5. The van der Waals surface area contributed by atoms with Crippen molar-refractivity contribution in [2.75, 3.05) is 0 Å². The second kappa shape index (κ2) is 9.61. The Balaban J connectivity index is 1.67. The van der Waals surface area contributed by atoms with Crippen molar-refractivity contribution in [1.29, 1.82) is 0 Å². The number of hydrogen-bond donors (Lipinski definition) is 2. The molecule has 3 aromatic carbocycles. The van der Waals surface area contributed by atoms with Gasteiger partial charge in [-0.05, 0) is 50.4 Å². The number of tetrazole rings is 1. The van der Waals surface area contributed by atoms with Crippen molar-refractivity contribution in [2.45, 2.75) is 45.4 Å². The second-order valence-electron chi connectivity index (χ2n) is 7.56. The first-order chi connectivity index (χ1) is 14.8. The first kappa shape index (κ1) is 20.2. The Morgan fingerprint density at radius 1 is 0.967 bits per heavy atom. The molecule has 6 nitrogen and oxygen atoms in total. The summed E-state index contributed by atoms with van der Waals surface area (Å²) in [6.07, 6.45) is 2.14. The summed E-state index contributed by atoms with van der Waals surface area (Å²) < 4.78 is 1.92. The molecule has 0 aliphatic rings. The SMILES string of the molecule is CCCCn1nnnc1C(NCc1cccc(CN)c1)c1ccc2ccccc2c1. The van der Waals surface area contributed by atoms with Gasteiger partial charge in [-0.3, -0.25) is 5.32 Å². The highest BCUT2D eigenvalue weighted by Crippen LogP contribution is 2.25. The van der Waals surface area contributed by atoms with Crippen molar-refractivity contribution in [2.24, 2.45) is 5.73 Å². The van der Waals surface area contributed by atoms with Gasteiger partial charge in [-0.1, -0.05) is 74.0 Å². The Bertz CT molecular complexity index is 1100. The summed E-state index contributed by atoms with van der Waals surface area (Å²) in [7, 11) is 0. The van der Waals surface area contributed by atoms with Crippen molar-refractivity contribution in [3.63, 3.8) is 0 Å². The molecule has 154 valence electrons. The molecule has 30 heavy (non-hydrogen) atoms. The van der Waals surface area contributed by atoms with Crippen LogP contribution in [0.4, 0.5) is 0 Å². The molecule has 1 heterocycles. The van der Waals surface area contributed by atoms with Gasteiger partial charge >= 0.3 is 0 Å². The molecule has 1 aromatic heterocycles. The third kappa shape index (κ3) is 4.56. The number of fused-ring (bicyclic) bond motifs is 1. The van der Waals surface area contributed by atoms with E-state index in [2.05, 4.69) is 94.5 Å². The fourth-order valence-electron chi connectivity index (χ4n) is 3.72. The van der Waals surface area contributed by atoms with E-state index in [4.69, 9.17) is 5.73 Å². The van der Waals surface area contributed by atoms with Crippen LogP contribution in [0.5, 0.6) is 0 Å². The maximum Gasteiger partial charge on any atom is 0.172 e. The summed E-state index contributed by atoms with van der Waals surface area (Å²) in [6, 6.07) is 23.2. The minimum absolute atomic E-state index is 0.108. The van der Waals surface area contributed by atoms with Crippen LogP contribution in [-0.4, -0.2) is 20.2 Å². The molecule has 0 aliphatic heterocycles. The van der Waals surface area contributed by atoms with E-state index in [9.17, 15) is 0 Å². The highest BCUT2D eigenvalue weighted by molar-refractivity contribution is 5.83. The lowest BCUT2D eigenvalue weighted by atomic mass is 10.0. The van der Waals surface area contributed by atoms with Gasteiger partial charge in [-0.2, -0.15) is 0 Å². The van der Waals surface area contributed by atoms with Gasteiger partial charge in [0.05, 0.1) is 6.04 Å². The van der Waals surface area contributed by atoms with Crippen molar-refractivity contribution in [3.8, 4) is 0 Å². The van der Waals surface area contributed by atoms with Crippen LogP contribution in [0.3, 0.4) is 0 Å². The Kier molecular flexibility index (Phi) is 6.47. The number of rotatable bonds is 9. The van der Waals surface area contributed by atoms with Gasteiger partial charge in [0.2, 0.25) is 0 Å².